The van der Waals surface area contributed by atoms with Gasteiger partial charge in [-0.3, -0.25) is 19.3 Å². The average Bonchev–Trinajstić information content (AvgIpc) is 3.09. The highest BCUT2D eigenvalue weighted by Gasteiger charge is 2.53. The number of hydrogen-bond acceptors (Lipinski definition) is 5. The molecule has 3 aromatic rings. The van der Waals surface area contributed by atoms with Crippen LogP contribution in [0.4, 0.5) is 19.0 Å². The summed E-state index contributed by atoms with van der Waals surface area (Å²) in [6, 6.07) is 12.7. The Labute approximate surface area is 199 Å². The first-order chi connectivity index (χ1) is 16.5. The zero-order chi connectivity index (χ0) is 25.5. The average molecular weight is 481 g/mol. The van der Waals surface area contributed by atoms with E-state index in [-0.39, 0.29) is 22.9 Å². The summed E-state index contributed by atoms with van der Waals surface area (Å²) in [4.78, 5) is 40.7. The summed E-state index contributed by atoms with van der Waals surface area (Å²) in [5.74, 6) is -3.70. The SMILES string of the molecule is Cc1ccc(N2C(=O)C(=O)C(C(=O)c3ccc(C(C)C)cc3)[C@@H]2c2ccc(C(F)(F)F)cc2)nn1. The lowest BCUT2D eigenvalue weighted by Gasteiger charge is -2.26. The summed E-state index contributed by atoms with van der Waals surface area (Å²) < 4.78 is 39.4. The maximum atomic E-state index is 13.5. The van der Waals surface area contributed by atoms with Crippen LogP contribution in [0.3, 0.4) is 0 Å². The third kappa shape index (κ3) is 4.58. The Bertz CT molecular complexity index is 1270. The number of Topliss-reactive ketones (excluding diaryl/α,β-unsaturated/α-hetero) is 2. The second-order valence-corrected chi connectivity index (χ2v) is 8.76. The second-order valence-electron chi connectivity index (χ2n) is 8.76. The lowest BCUT2D eigenvalue weighted by Crippen LogP contribution is -2.31. The number of ketones is 2. The quantitative estimate of drug-likeness (QED) is 0.288. The van der Waals surface area contributed by atoms with Gasteiger partial charge in [-0.25, -0.2) is 0 Å². The molecule has 2 atom stereocenters. The minimum atomic E-state index is -4.56. The van der Waals surface area contributed by atoms with E-state index in [0.29, 0.717) is 5.69 Å². The van der Waals surface area contributed by atoms with Gasteiger partial charge in [0, 0.05) is 5.56 Å². The van der Waals surface area contributed by atoms with Gasteiger partial charge in [-0.05, 0) is 48.2 Å². The van der Waals surface area contributed by atoms with Crippen LogP contribution in [0, 0.1) is 12.8 Å². The number of benzene rings is 2. The summed E-state index contributed by atoms with van der Waals surface area (Å²) in [7, 11) is 0. The zero-order valence-corrected chi connectivity index (χ0v) is 19.2. The number of carbonyl (C=O) groups excluding carboxylic acids is 3. The molecule has 1 aliphatic rings. The highest BCUT2D eigenvalue weighted by molar-refractivity contribution is 6.48. The van der Waals surface area contributed by atoms with E-state index >= 15 is 0 Å². The molecule has 2 heterocycles. The maximum Gasteiger partial charge on any atom is 0.416 e. The first-order valence-corrected chi connectivity index (χ1v) is 11.0. The molecule has 1 aliphatic heterocycles. The first kappa shape index (κ1) is 24.3. The molecule has 1 aromatic heterocycles. The Morgan fingerprint density at radius 2 is 1.54 bits per heavy atom. The fourth-order valence-corrected chi connectivity index (χ4v) is 4.12. The largest absolute Gasteiger partial charge is 0.416 e. The molecule has 180 valence electrons. The number of halogens is 3. The number of hydrogen-bond donors (Lipinski definition) is 0. The predicted molar refractivity (Wildman–Crippen MR) is 122 cm³/mol. The molecule has 0 spiro atoms. The van der Waals surface area contributed by atoms with Crippen LogP contribution < -0.4 is 4.90 Å². The molecule has 6 nitrogen and oxygen atoms in total. The van der Waals surface area contributed by atoms with E-state index < -0.39 is 41.2 Å². The van der Waals surface area contributed by atoms with Crippen molar-refractivity contribution in [3.05, 3.63) is 88.6 Å². The van der Waals surface area contributed by atoms with Crippen molar-refractivity contribution in [2.24, 2.45) is 5.92 Å². The third-order valence-electron chi connectivity index (χ3n) is 6.06. The van der Waals surface area contributed by atoms with Gasteiger partial charge in [0.15, 0.2) is 11.6 Å². The lowest BCUT2D eigenvalue weighted by molar-refractivity contribution is -0.137. The molecule has 0 N–H and O–H groups in total. The number of amides is 1. The molecule has 1 amide bonds. The van der Waals surface area contributed by atoms with E-state index in [4.69, 9.17) is 0 Å². The van der Waals surface area contributed by atoms with Gasteiger partial charge in [-0.15, -0.1) is 5.10 Å². The number of carbonyl (C=O) groups is 3. The summed E-state index contributed by atoms with van der Waals surface area (Å²) in [5.41, 5.74) is 1.11. The molecule has 0 bridgehead atoms. The van der Waals surface area contributed by atoms with Crippen LogP contribution in [0.2, 0.25) is 0 Å². The van der Waals surface area contributed by atoms with Gasteiger partial charge in [0.1, 0.15) is 5.92 Å². The van der Waals surface area contributed by atoms with E-state index in [9.17, 15) is 27.6 Å². The first-order valence-electron chi connectivity index (χ1n) is 11.0. The standard InChI is InChI=1S/C26H22F3N3O3/c1-14(2)16-5-7-18(8-6-16)23(33)21-22(17-9-11-19(12-10-17)26(27,28)29)32(25(35)24(21)34)20-13-4-15(3)30-31-20/h4-14,21-22H,1-3H3/t21?,22-/m0/s1. The van der Waals surface area contributed by atoms with Gasteiger partial charge in [0.2, 0.25) is 5.78 Å². The topological polar surface area (TPSA) is 80.2 Å². The van der Waals surface area contributed by atoms with E-state index in [1.807, 2.05) is 13.8 Å². The molecule has 0 saturated carbocycles. The van der Waals surface area contributed by atoms with E-state index in [0.717, 1.165) is 22.6 Å². The second kappa shape index (κ2) is 9.05. The van der Waals surface area contributed by atoms with Crippen LogP contribution in [0.5, 0.6) is 0 Å². The van der Waals surface area contributed by atoms with Crippen molar-refractivity contribution in [3.63, 3.8) is 0 Å². The third-order valence-corrected chi connectivity index (χ3v) is 6.06. The molecular formula is C26H22F3N3O3. The number of anilines is 1. The van der Waals surface area contributed by atoms with Crippen LogP contribution in [0.15, 0.2) is 60.7 Å². The van der Waals surface area contributed by atoms with Gasteiger partial charge in [0.05, 0.1) is 17.3 Å². The van der Waals surface area contributed by atoms with Crippen LogP contribution in [0.1, 0.15) is 58.5 Å². The molecule has 9 heteroatoms. The van der Waals surface area contributed by atoms with Gasteiger partial charge >= 0.3 is 6.18 Å². The Balaban J connectivity index is 1.81. The maximum absolute atomic E-state index is 13.5. The molecule has 1 saturated heterocycles. The number of nitrogens with zero attached hydrogens (tertiary/aromatic N) is 3. The monoisotopic (exact) mass is 481 g/mol. The Kier molecular flexibility index (Phi) is 6.27. The minimum absolute atomic E-state index is 0.0318. The van der Waals surface area contributed by atoms with Crippen LogP contribution in [-0.2, 0) is 15.8 Å². The van der Waals surface area contributed by atoms with Crippen molar-refractivity contribution >= 4 is 23.3 Å². The van der Waals surface area contributed by atoms with Crippen molar-refractivity contribution in [1.29, 1.82) is 0 Å². The molecule has 1 unspecified atom stereocenters. The van der Waals surface area contributed by atoms with Crippen molar-refractivity contribution in [2.45, 2.75) is 38.9 Å². The minimum Gasteiger partial charge on any atom is -0.293 e. The molecule has 2 aromatic carbocycles. The van der Waals surface area contributed by atoms with Crippen LogP contribution in [-0.4, -0.2) is 27.7 Å². The number of rotatable bonds is 5. The predicted octanol–water partition coefficient (Wildman–Crippen LogP) is 5.08. The Hall–Kier alpha value is -3.88. The number of aryl methyl sites for hydroxylation is 1. The molecular weight excluding hydrogens is 459 g/mol. The van der Waals surface area contributed by atoms with Crippen LogP contribution in [0.25, 0.3) is 0 Å². The Morgan fingerprint density at radius 3 is 2.06 bits per heavy atom. The van der Waals surface area contributed by atoms with Gasteiger partial charge in [-0.2, -0.15) is 18.3 Å². The summed E-state index contributed by atoms with van der Waals surface area (Å²) in [5, 5.41) is 7.91. The Morgan fingerprint density at radius 1 is 0.914 bits per heavy atom. The zero-order valence-electron chi connectivity index (χ0n) is 19.2. The van der Waals surface area contributed by atoms with Gasteiger partial charge in [0.25, 0.3) is 5.91 Å². The number of alkyl halides is 3. The smallest absolute Gasteiger partial charge is 0.293 e. The molecule has 0 radical (unpaired) electrons. The van der Waals surface area contributed by atoms with Gasteiger partial charge < -0.3 is 0 Å². The summed E-state index contributed by atoms with van der Waals surface area (Å²) in [6.07, 6.45) is -4.56. The molecule has 4 rings (SSSR count). The van der Waals surface area contributed by atoms with Crippen molar-refractivity contribution < 1.29 is 27.6 Å². The van der Waals surface area contributed by atoms with E-state index in [2.05, 4.69) is 10.2 Å². The van der Waals surface area contributed by atoms with Crippen molar-refractivity contribution in [2.75, 3.05) is 4.90 Å². The highest BCUT2D eigenvalue weighted by Crippen LogP contribution is 2.41. The normalized spacial score (nSPS) is 18.4. The van der Waals surface area contributed by atoms with E-state index in [1.165, 1.54) is 18.2 Å². The molecule has 0 aliphatic carbocycles. The van der Waals surface area contributed by atoms with Crippen molar-refractivity contribution in [1.82, 2.24) is 10.2 Å². The summed E-state index contributed by atoms with van der Waals surface area (Å²) in [6.45, 7) is 5.68. The molecule has 35 heavy (non-hydrogen) atoms. The highest BCUT2D eigenvalue weighted by atomic mass is 19.4. The van der Waals surface area contributed by atoms with Gasteiger partial charge in [-0.1, -0.05) is 50.2 Å². The number of aromatic nitrogens is 2. The summed E-state index contributed by atoms with van der Waals surface area (Å²) >= 11 is 0. The fourth-order valence-electron chi connectivity index (χ4n) is 4.12. The van der Waals surface area contributed by atoms with Crippen LogP contribution >= 0.6 is 0 Å². The molecule has 1 fully saturated rings. The fraction of sp³-hybridized carbons (Fsp3) is 0.269. The lowest BCUT2D eigenvalue weighted by atomic mass is 9.85. The van der Waals surface area contributed by atoms with E-state index in [1.54, 1.807) is 37.3 Å². The van der Waals surface area contributed by atoms with Crippen molar-refractivity contribution in [3.8, 4) is 0 Å².